The van der Waals surface area contributed by atoms with Crippen molar-refractivity contribution in [1.29, 1.82) is 0 Å². The number of nitrogens with zero attached hydrogens (tertiary/aromatic N) is 2. The molecule has 2 rings (SSSR count). The SMILES string of the molecule is CCN(CC)C(=O)CCN1C(=O)/C(=C\c2ccc(OC)cc2)SC1=S. The molecule has 1 fully saturated rings. The average molecular weight is 379 g/mol. The lowest BCUT2D eigenvalue weighted by molar-refractivity contribution is -0.131. The molecule has 0 spiro atoms. The summed E-state index contributed by atoms with van der Waals surface area (Å²) in [5, 5.41) is 0. The lowest BCUT2D eigenvalue weighted by Gasteiger charge is -2.20. The lowest BCUT2D eigenvalue weighted by atomic mass is 10.2. The summed E-state index contributed by atoms with van der Waals surface area (Å²) in [6, 6.07) is 7.45. The van der Waals surface area contributed by atoms with Crippen molar-refractivity contribution in [2.75, 3.05) is 26.7 Å². The monoisotopic (exact) mass is 378 g/mol. The van der Waals surface area contributed by atoms with Crippen LogP contribution in [-0.2, 0) is 9.59 Å². The predicted molar refractivity (Wildman–Crippen MR) is 105 cm³/mol. The number of hydrogen-bond acceptors (Lipinski definition) is 5. The molecule has 0 atom stereocenters. The first-order chi connectivity index (χ1) is 12.0. The van der Waals surface area contributed by atoms with Crippen molar-refractivity contribution in [3.8, 4) is 5.75 Å². The molecule has 0 aliphatic carbocycles. The molecule has 134 valence electrons. The van der Waals surface area contributed by atoms with Crippen LogP contribution in [0.25, 0.3) is 6.08 Å². The topological polar surface area (TPSA) is 49.9 Å². The molecule has 0 radical (unpaired) electrons. The van der Waals surface area contributed by atoms with E-state index in [9.17, 15) is 9.59 Å². The van der Waals surface area contributed by atoms with Crippen LogP contribution in [0.3, 0.4) is 0 Å². The minimum absolute atomic E-state index is 0.0400. The first-order valence-corrected chi connectivity index (χ1v) is 9.39. The van der Waals surface area contributed by atoms with Crippen LogP contribution in [0, 0.1) is 0 Å². The summed E-state index contributed by atoms with van der Waals surface area (Å²) in [7, 11) is 1.61. The Kier molecular flexibility index (Phi) is 7.01. The number of ether oxygens (including phenoxy) is 1. The lowest BCUT2D eigenvalue weighted by Crippen LogP contribution is -2.36. The molecule has 1 saturated heterocycles. The van der Waals surface area contributed by atoms with Crippen LogP contribution in [0.5, 0.6) is 5.75 Å². The molecule has 1 aliphatic heterocycles. The number of rotatable bonds is 7. The van der Waals surface area contributed by atoms with E-state index in [0.717, 1.165) is 11.3 Å². The van der Waals surface area contributed by atoms with Gasteiger partial charge in [-0.3, -0.25) is 14.5 Å². The zero-order valence-corrected chi connectivity index (χ0v) is 16.3. The summed E-state index contributed by atoms with van der Waals surface area (Å²) < 4.78 is 5.63. The van der Waals surface area contributed by atoms with Gasteiger partial charge in [-0.05, 0) is 37.6 Å². The van der Waals surface area contributed by atoms with Gasteiger partial charge in [0.15, 0.2) is 0 Å². The number of amides is 2. The van der Waals surface area contributed by atoms with Crippen molar-refractivity contribution in [2.24, 2.45) is 0 Å². The van der Waals surface area contributed by atoms with E-state index in [0.29, 0.717) is 28.9 Å². The number of thiocarbonyl (C=S) groups is 1. The van der Waals surface area contributed by atoms with E-state index in [1.165, 1.54) is 16.7 Å². The van der Waals surface area contributed by atoms with Crippen LogP contribution >= 0.6 is 24.0 Å². The Morgan fingerprint density at radius 3 is 2.48 bits per heavy atom. The van der Waals surface area contributed by atoms with E-state index < -0.39 is 0 Å². The second kappa shape index (κ2) is 9.01. The molecule has 1 aromatic carbocycles. The average Bonchev–Trinajstić information content (AvgIpc) is 2.88. The molecule has 5 nitrogen and oxygen atoms in total. The third kappa shape index (κ3) is 4.83. The summed E-state index contributed by atoms with van der Waals surface area (Å²) in [6.45, 7) is 5.55. The van der Waals surface area contributed by atoms with E-state index in [1.807, 2.05) is 44.2 Å². The van der Waals surface area contributed by atoms with Gasteiger partial charge in [-0.15, -0.1) is 0 Å². The molecule has 0 aromatic heterocycles. The van der Waals surface area contributed by atoms with Gasteiger partial charge >= 0.3 is 0 Å². The van der Waals surface area contributed by atoms with Crippen molar-refractivity contribution in [3.05, 3.63) is 34.7 Å². The molecular formula is C18H22N2O3S2. The molecule has 1 aliphatic rings. The number of carbonyl (C=O) groups excluding carboxylic acids is 2. The fourth-order valence-electron chi connectivity index (χ4n) is 2.49. The molecule has 0 saturated carbocycles. The fraction of sp³-hybridized carbons (Fsp3) is 0.389. The standard InChI is InChI=1S/C18H22N2O3S2/c1-4-19(5-2)16(21)10-11-20-17(22)15(25-18(20)24)12-13-6-8-14(23-3)9-7-13/h6-9,12H,4-5,10-11H2,1-3H3/b15-12+. The molecule has 0 bridgehead atoms. The molecular weight excluding hydrogens is 356 g/mol. The highest BCUT2D eigenvalue weighted by Gasteiger charge is 2.32. The number of methoxy groups -OCH3 is 1. The van der Waals surface area contributed by atoms with Crippen molar-refractivity contribution >= 4 is 46.2 Å². The molecule has 1 aromatic rings. The van der Waals surface area contributed by atoms with Gasteiger partial charge in [-0.1, -0.05) is 36.1 Å². The molecule has 0 unspecified atom stereocenters. The van der Waals surface area contributed by atoms with Crippen molar-refractivity contribution in [1.82, 2.24) is 9.80 Å². The maximum atomic E-state index is 12.6. The quantitative estimate of drug-likeness (QED) is 0.539. The third-order valence-corrected chi connectivity index (χ3v) is 5.33. The molecule has 7 heteroatoms. The van der Waals surface area contributed by atoms with Gasteiger partial charge in [-0.2, -0.15) is 0 Å². The van der Waals surface area contributed by atoms with Gasteiger partial charge in [0.25, 0.3) is 5.91 Å². The van der Waals surface area contributed by atoms with E-state index in [4.69, 9.17) is 17.0 Å². The van der Waals surface area contributed by atoms with Crippen LogP contribution < -0.4 is 4.74 Å². The van der Waals surface area contributed by atoms with Crippen LogP contribution in [-0.4, -0.2) is 52.7 Å². The van der Waals surface area contributed by atoms with Crippen LogP contribution in [0.2, 0.25) is 0 Å². The zero-order chi connectivity index (χ0) is 18.4. The molecule has 1 heterocycles. The zero-order valence-electron chi connectivity index (χ0n) is 14.7. The van der Waals surface area contributed by atoms with Crippen LogP contribution in [0.4, 0.5) is 0 Å². The van der Waals surface area contributed by atoms with Gasteiger partial charge in [0.05, 0.1) is 12.0 Å². The van der Waals surface area contributed by atoms with Crippen LogP contribution in [0.1, 0.15) is 25.8 Å². The molecule has 0 N–H and O–H groups in total. The van der Waals surface area contributed by atoms with Gasteiger partial charge in [-0.25, -0.2) is 0 Å². The van der Waals surface area contributed by atoms with Crippen LogP contribution in [0.15, 0.2) is 29.2 Å². The first-order valence-electron chi connectivity index (χ1n) is 8.17. The summed E-state index contributed by atoms with van der Waals surface area (Å²) in [5.74, 6) is 0.663. The summed E-state index contributed by atoms with van der Waals surface area (Å²) >= 11 is 6.58. The van der Waals surface area contributed by atoms with E-state index in [1.54, 1.807) is 12.0 Å². The highest BCUT2D eigenvalue weighted by molar-refractivity contribution is 8.26. The minimum Gasteiger partial charge on any atom is -0.497 e. The predicted octanol–water partition coefficient (Wildman–Crippen LogP) is 3.15. The Bertz CT molecular complexity index is 682. The Labute approximate surface area is 158 Å². The third-order valence-electron chi connectivity index (χ3n) is 3.95. The highest BCUT2D eigenvalue weighted by Crippen LogP contribution is 2.32. The normalized spacial score (nSPS) is 15.8. The van der Waals surface area contributed by atoms with Crippen molar-refractivity contribution in [2.45, 2.75) is 20.3 Å². The second-order valence-corrected chi connectivity index (χ2v) is 7.10. The van der Waals surface area contributed by atoms with Crippen molar-refractivity contribution in [3.63, 3.8) is 0 Å². The number of hydrogen-bond donors (Lipinski definition) is 0. The number of carbonyl (C=O) groups is 2. The maximum absolute atomic E-state index is 12.6. The largest absolute Gasteiger partial charge is 0.497 e. The number of thioether (sulfide) groups is 1. The summed E-state index contributed by atoms with van der Waals surface area (Å²) in [6.07, 6.45) is 2.09. The fourth-order valence-corrected chi connectivity index (χ4v) is 3.79. The van der Waals surface area contributed by atoms with Gasteiger partial charge in [0.1, 0.15) is 10.1 Å². The van der Waals surface area contributed by atoms with Crippen molar-refractivity contribution < 1.29 is 14.3 Å². The molecule has 25 heavy (non-hydrogen) atoms. The number of benzene rings is 1. The summed E-state index contributed by atoms with van der Waals surface area (Å²) in [5.41, 5.74) is 0.903. The Morgan fingerprint density at radius 1 is 1.28 bits per heavy atom. The smallest absolute Gasteiger partial charge is 0.266 e. The summed E-state index contributed by atoms with van der Waals surface area (Å²) in [4.78, 5) is 28.5. The van der Waals surface area contributed by atoms with E-state index in [2.05, 4.69) is 0 Å². The molecule has 2 amide bonds. The highest BCUT2D eigenvalue weighted by atomic mass is 32.2. The first kappa shape index (κ1) is 19.5. The minimum atomic E-state index is -0.141. The van der Waals surface area contributed by atoms with Gasteiger partial charge in [0.2, 0.25) is 5.91 Å². The Morgan fingerprint density at radius 2 is 1.92 bits per heavy atom. The second-order valence-electron chi connectivity index (χ2n) is 5.42. The Hall–Kier alpha value is -1.86. The van der Waals surface area contributed by atoms with E-state index >= 15 is 0 Å². The maximum Gasteiger partial charge on any atom is 0.266 e. The van der Waals surface area contributed by atoms with Gasteiger partial charge in [0, 0.05) is 26.1 Å². The Balaban J connectivity index is 2.03. The van der Waals surface area contributed by atoms with Gasteiger partial charge < -0.3 is 9.64 Å². The van der Waals surface area contributed by atoms with E-state index in [-0.39, 0.29) is 18.2 Å².